The molecule has 3 rings (SSSR count). The smallest absolute Gasteiger partial charge is 0.160 e. The maximum absolute atomic E-state index is 5.96. The van der Waals surface area contributed by atoms with Crippen LogP contribution in [0.2, 0.25) is 5.02 Å². The number of fused-ring (bicyclic) bond motifs is 1. The second-order valence-corrected chi connectivity index (χ2v) is 5.86. The Balaban J connectivity index is 2.03. The van der Waals surface area contributed by atoms with E-state index in [1.807, 2.05) is 6.07 Å². The van der Waals surface area contributed by atoms with Gasteiger partial charge in [-0.3, -0.25) is 0 Å². The molecule has 2 aromatic heterocycles. The third-order valence-electron chi connectivity index (χ3n) is 3.64. The zero-order valence-corrected chi connectivity index (χ0v) is 11.7. The lowest BCUT2D eigenvalue weighted by atomic mass is 10.3. The van der Waals surface area contributed by atoms with E-state index in [1.165, 1.54) is 6.42 Å². The summed E-state index contributed by atoms with van der Waals surface area (Å²) < 4.78 is 2.21. The molecule has 2 unspecified atom stereocenters. The molecule has 2 heterocycles. The van der Waals surface area contributed by atoms with Gasteiger partial charge in [0, 0.05) is 25.0 Å². The van der Waals surface area contributed by atoms with Crippen molar-refractivity contribution in [1.82, 2.24) is 14.5 Å². The molecule has 0 bridgehead atoms. The molecule has 1 saturated carbocycles. The zero-order valence-electron chi connectivity index (χ0n) is 10.2. The predicted octanol–water partition coefficient (Wildman–Crippen LogP) is 3.52. The highest BCUT2D eigenvalue weighted by Crippen LogP contribution is 2.39. The van der Waals surface area contributed by atoms with Crippen LogP contribution in [-0.4, -0.2) is 20.4 Å². The number of pyridine rings is 1. The molecule has 3 nitrogen and oxygen atoms in total. The molecule has 2 aromatic rings. The van der Waals surface area contributed by atoms with Crippen LogP contribution < -0.4 is 0 Å². The van der Waals surface area contributed by atoms with E-state index in [-0.39, 0.29) is 0 Å². The molecule has 1 aliphatic carbocycles. The van der Waals surface area contributed by atoms with Crippen LogP contribution in [0.4, 0.5) is 0 Å². The Bertz CT molecular complexity index is 579. The fourth-order valence-corrected chi connectivity index (χ4v) is 2.71. The number of aromatic nitrogens is 3. The van der Waals surface area contributed by atoms with Crippen molar-refractivity contribution < 1.29 is 0 Å². The fourth-order valence-electron chi connectivity index (χ4n) is 2.39. The topological polar surface area (TPSA) is 30.7 Å². The van der Waals surface area contributed by atoms with Gasteiger partial charge in [-0.1, -0.05) is 18.5 Å². The van der Waals surface area contributed by atoms with E-state index >= 15 is 0 Å². The lowest BCUT2D eigenvalue weighted by Crippen LogP contribution is -2.07. The van der Waals surface area contributed by atoms with Crippen LogP contribution in [0.1, 0.15) is 19.2 Å². The molecule has 96 valence electrons. The van der Waals surface area contributed by atoms with Crippen LogP contribution in [-0.2, 0) is 13.0 Å². The monoisotopic (exact) mass is 283 g/mol. The predicted molar refractivity (Wildman–Crippen MR) is 74.2 cm³/mol. The van der Waals surface area contributed by atoms with Crippen molar-refractivity contribution in [3.63, 3.8) is 0 Å². The number of nitrogens with zero attached hydrogens (tertiary/aromatic N) is 3. The number of halogens is 2. The number of hydrogen-bond acceptors (Lipinski definition) is 2. The normalized spacial score (nSPS) is 22.6. The zero-order chi connectivity index (χ0) is 12.7. The summed E-state index contributed by atoms with van der Waals surface area (Å²) in [5, 5.41) is 0.629. The molecule has 18 heavy (non-hydrogen) atoms. The van der Waals surface area contributed by atoms with Crippen LogP contribution in [0, 0.1) is 11.8 Å². The first-order valence-electron chi connectivity index (χ1n) is 6.25. The molecule has 0 radical (unpaired) electrons. The van der Waals surface area contributed by atoms with Gasteiger partial charge >= 0.3 is 0 Å². The molecule has 0 aromatic carbocycles. The van der Waals surface area contributed by atoms with Gasteiger partial charge in [0.2, 0.25) is 0 Å². The molecular weight excluding hydrogens is 269 g/mol. The van der Waals surface area contributed by atoms with E-state index in [1.54, 1.807) is 6.20 Å². The van der Waals surface area contributed by atoms with E-state index in [0.717, 1.165) is 41.8 Å². The number of alkyl halides is 1. The highest BCUT2D eigenvalue weighted by molar-refractivity contribution is 6.31. The van der Waals surface area contributed by atoms with Crippen LogP contribution >= 0.6 is 23.2 Å². The minimum atomic E-state index is 0.581. The first-order valence-corrected chi connectivity index (χ1v) is 7.17. The molecular formula is C13H15Cl2N3. The summed E-state index contributed by atoms with van der Waals surface area (Å²) in [6.07, 6.45) is 3.76. The van der Waals surface area contributed by atoms with Gasteiger partial charge in [-0.05, 0) is 24.3 Å². The van der Waals surface area contributed by atoms with Crippen molar-refractivity contribution >= 4 is 34.4 Å². The Morgan fingerprint density at radius 1 is 1.50 bits per heavy atom. The Kier molecular flexibility index (Phi) is 3.20. The van der Waals surface area contributed by atoms with Crippen molar-refractivity contribution in [3.05, 3.63) is 23.1 Å². The summed E-state index contributed by atoms with van der Waals surface area (Å²) in [5.74, 6) is 3.18. The van der Waals surface area contributed by atoms with Crippen molar-refractivity contribution in [2.75, 3.05) is 5.88 Å². The molecule has 0 aliphatic heterocycles. The van der Waals surface area contributed by atoms with Crippen molar-refractivity contribution in [1.29, 1.82) is 0 Å². The molecule has 2 atom stereocenters. The summed E-state index contributed by atoms with van der Waals surface area (Å²) >= 11 is 11.8. The summed E-state index contributed by atoms with van der Waals surface area (Å²) in [7, 11) is 0. The van der Waals surface area contributed by atoms with Crippen LogP contribution in [0.15, 0.2) is 12.3 Å². The summed E-state index contributed by atoms with van der Waals surface area (Å²) in [5.41, 5.74) is 1.80. The van der Waals surface area contributed by atoms with Gasteiger partial charge in [-0.15, -0.1) is 11.6 Å². The Hall–Kier alpha value is -0.800. The lowest BCUT2D eigenvalue weighted by Gasteiger charge is -2.06. The van der Waals surface area contributed by atoms with Gasteiger partial charge in [0.25, 0.3) is 0 Å². The summed E-state index contributed by atoms with van der Waals surface area (Å²) in [6, 6.07) is 1.87. The molecule has 5 heteroatoms. The van der Waals surface area contributed by atoms with Gasteiger partial charge in [0.05, 0.1) is 5.02 Å². The maximum Gasteiger partial charge on any atom is 0.160 e. The van der Waals surface area contributed by atoms with E-state index in [2.05, 4.69) is 21.5 Å². The molecule has 1 aliphatic rings. The standard InChI is InChI=1S/C13H15Cl2N3/c1-8-4-9(8)7-18-12(2-3-14)17-11-5-10(15)6-16-13(11)18/h5-6,8-9H,2-4,7H2,1H3. The lowest BCUT2D eigenvalue weighted by molar-refractivity contribution is 0.582. The Morgan fingerprint density at radius 2 is 2.28 bits per heavy atom. The Labute approximate surface area is 116 Å². The number of aryl methyl sites for hydroxylation is 1. The fraction of sp³-hybridized carbons (Fsp3) is 0.538. The van der Waals surface area contributed by atoms with Crippen molar-refractivity contribution in [2.24, 2.45) is 11.8 Å². The van der Waals surface area contributed by atoms with Crippen molar-refractivity contribution in [3.8, 4) is 0 Å². The van der Waals surface area contributed by atoms with Gasteiger partial charge < -0.3 is 4.57 Å². The van der Waals surface area contributed by atoms with E-state index in [9.17, 15) is 0 Å². The molecule has 0 saturated heterocycles. The number of imidazole rings is 1. The average Bonchev–Trinajstić information content (AvgIpc) is 2.92. The third-order valence-corrected chi connectivity index (χ3v) is 4.04. The van der Waals surface area contributed by atoms with Crippen LogP contribution in [0.3, 0.4) is 0 Å². The highest BCUT2D eigenvalue weighted by Gasteiger charge is 2.33. The summed E-state index contributed by atoms with van der Waals surface area (Å²) in [6.45, 7) is 3.29. The average molecular weight is 284 g/mol. The molecule has 0 spiro atoms. The minimum absolute atomic E-state index is 0.581. The minimum Gasteiger partial charge on any atom is -0.312 e. The highest BCUT2D eigenvalue weighted by atomic mass is 35.5. The van der Waals surface area contributed by atoms with Gasteiger partial charge in [0.1, 0.15) is 11.3 Å². The molecule has 0 amide bonds. The first-order chi connectivity index (χ1) is 8.69. The molecule has 0 N–H and O–H groups in total. The summed E-state index contributed by atoms with van der Waals surface area (Å²) in [4.78, 5) is 9.02. The van der Waals surface area contributed by atoms with E-state index < -0.39 is 0 Å². The second kappa shape index (κ2) is 4.71. The quantitative estimate of drug-likeness (QED) is 0.804. The molecule has 1 fully saturated rings. The van der Waals surface area contributed by atoms with Crippen molar-refractivity contribution in [2.45, 2.75) is 26.3 Å². The maximum atomic E-state index is 5.96. The van der Waals surface area contributed by atoms with Gasteiger partial charge in [0.15, 0.2) is 5.65 Å². The van der Waals surface area contributed by atoms with Gasteiger partial charge in [-0.25, -0.2) is 9.97 Å². The SMILES string of the molecule is CC1CC1Cn1c(CCCl)nc2cc(Cl)cnc21. The second-order valence-electron chi connectivity index (χ2n) is 5.05. The van der Waals surface area contributed by atoms with Crippen LogP contribution in [0.5, 0.6) is 0 Å². The van der Waals surface area contributed by atoms with E-state index in [0.29, 0.717) is 10.9 Å². The number of rotatable bonds is 4. The Morgan fingerprint density at radius 3 is 2.94 bits per heavy atom. The largest absolute Gasteiger partial charge is 0.312 e. The van der Waals surface area contributed by atoms with Gasteiger partial charge in [-0.2, -0.15) is 0 Å². The number of hydrogen-bond donors (Lipinski definition) is 0. The van der Waals surface area contributed by atoms with Crippen LogP contribution in [0.25, 0.3) is 11.2 Å². The first kappa shape index (κ1) is 12.2. The van der Waals surface area contributed by atoms with E-state index in [4.69, 9.17) is 23.2 Å². The third kappa shape index (κ3) is 2.21.